The average Bonchev–Trinajstić information content (AvgIpc) is 3.27. The van der Waals surface area contributed by atoms with E-state index in [9.17, 15) is 9.90 Å². The number of aromatic nitrogens is 4. The summed E-state index contributed by atoms with van der Waals surface area (Å²) in [5, 5.41) is 29.1. The summed E-state index contributed by atoms with van der Waals surface area (Å²) in [6.45, 7) is 8.01. The Morgan fingerprint density at radius 1 is 1.09 bits per heavy atom. The maximum atomic E-state index is 11.4. The van der Waals surface area contributed by atoms with Crippen LogP contribution < -0.4 is 10.3 Å². The highest BCUT2D eigenvalue weighted by Gasteiger charge is 2.30. The number of anilines is 2. The van der Waals surface area contributed by atoms with E-state index in [-0.39, 0.29) is 11.8 Å². The van der Waals surface area contributed by atoms with Gasteiger partial charge in [-0.2, -0.15) is 5.10 Å². The summed E-state index contributed by atoms with van der Waals surface area (Å²) in [7, 11) is 0. The Bertz CT molecular complexity index is 1420. The van der Waals surface area contributed by atoms with Gasteiger partial charge in [-0.15, -0.1) is 21.5 Å². The molecule has 0 saturated carbocycles. The van der Waals surface area contributed by atoms with Gasteiger partial charge in [-0.25, -0.2) is 9.99 Å². The van der Waals surface area contributed by atoms with Crippen LogP contribution in [0.15, 0.2) is 47.7 Å². The van der Waals surface area contributed by atoms with Crippen molar-refractivity contribution >= 4 is 34.6 Å². The SMILES string of the molecule is CC(=O)Nc1ccc(C2=NN(Cc3ccc(O)nc3)c3nnc(C)n3-c3sc(C)c(C)c32)cc1. The zero-order valence-electron chi connectivity index (χ0n) is 19.2. The zero-order valence-corrected chi connectivity index (χ0v) is 20.0. The van der Waals surface area contributed by atoms with Crippen LogP contribution in [0.3, 0.4) is 0 Å². The molecule has 10 heteroatoms. The molecule has 4 heterocycles. The van der Waals surface area contributed by atoms with E-state index in [2.05, 4.69) is 34.3 Å². The van der Waals surface area contributed by atoms with Crippen LogP contribution in [0.4, 0.5) is 11.6 Å². The first-order valence-corrected chi connectivity index (χ1v) is 11.5. The lowest BCUT2D eigenvalue weighted by molar-refractivity contribution is -0.114. The van der Waals surface area contributed by atoms with Crippen molar-refractivity contribution < 1.29 is 9.90 Å². The first-order valence-electron chi connectivity index (χ1n) is 10.7. The number of carbonyl (C=O) groups excluding carboxylic acids is 1. The summed E-state index contributed by atoms with van der Waals surface area (Å²) in [5.74, 6) is 1.23. The number of fused-ring (bicyclic) bond motifs is 3. The molecule has 0 spiro atoms. The summed E-state index contributed by atoms with van der Waals surface area (Å²) in [4.78, 5) is 16.6. The molecule has 172 valence electrons. The minimum atomic E-state index is -0.117. The first-order chi connectivity index (χ1) is 16.3. The predicted octanol–water partition coefficient (Wildman–Crippen LogP) is 4.09. The molecule has 3 aromatic heterocycles. The van der Waals surface area contributed by atoms with Crippen molar-refractivity contribution in [3.8, 4) is 10.9 Å². The van der Waals surface area contributed by atoms with Gasteiger partial charge in [0, 0.05) is 40.9 Å². The van der Waals surface area contributed by atoms with Gasteiger partial charge in [-0.1, -0.05) is 18.2 Å². The van der Waals surface area contributed by atoms with E-state index in [1.807, 2.05) is 46.8 Å². The van der Waals surface area contributed by atoms with Crippen LogP contribution in [0.25, 0.3) is 5.00 Å². The van der Waals surface area contributed by atoms with E-state index in [1.165, 1.54) is 11.8 Å². The highest BCUT2D eigenvalue weighted by molar-refractivity contribution is 7.15. The molecular weight excluding hydrogens is 450 g/mol. The second kappa shape index (κ2) is 8.38. The summed E-state index contributed by atoms with van der Waals surface area (Å²) in [6.07, 6.45) is 1.62. The molecule has 1 aromatic carbocycles. The maximum absolute atomic E-state index is 11.4. The maximum Gasteiger partial charge on any atom is 0.253 e. The van der Waals surface area contributed by atoms with Crippen molar-refractivity contribution in [1.82, 2.24) is 19.7 Å². The van der Waals surface area contributed by atoms with Crippen molar-refractivity contribution in [2.75, 3.05) is 10.3 Å². The lowest BCUT2D eigenvalue weighted by atomic mass is 10.00. The fourth-order valence-electron chi connectivity index (χ4n) is 3.92. The molecule has 4 aromatic rings. The third-order valence-electron chi connectivity index (χ3n) is 5.69. The summed E-state index contributed by atoms with van der Waals surface area (Å²) in [6, 6.07) is 11.0. The standard InChI is InChI=1S/C24H23N7O2S/c1-13-14(2)34-23-21(13)22(18-6-8-19(9-7-18)26-16(4)32)29-30(24-28-27-15(3)31(23)24)12-17-5-10-20(33)25-11-17/h5-11H,12H2,1-4H3,(H,25,33)(H,26,32). The number of benzene rings is 1. The number of hydrazone groups is 1. The third-order valence-corrected chi connectivity index (χ3v) is 6.88. The summed E-state index contributed by atoms with van der Waals surface area (Å²) < 4.78 is 2.04. The molecule has 1 amide bonds. The number of hydrogen-bond acceptors (Lipinski definition) is 8. The molecule has 1 aliphatic rings. The molecule has 0 atom stereocenters. The molecule has 2 N–H and O–H groups in total. The van der Waals surface area contributed by atoms with Crippen molar-refractivity contribution in [2.24, 2.45) is 5.10 Å². The van der Waals surface area contributed by atoms with Gasteiger partial charge in [0.25, 0.3) is 5.95 Å². The molecule has 0 bridgehead atoms. The van der Waals surface area contributed by atoms with E-state index in [1.54, 1.807) is 23.6 Å². The van der Waals surface area contributed by atoms with Crippen molar-refractivity contribution in [2.45, 2.75) is 34.2 Å². The van der Waals surface area contributed by atoms with Gasteiger partial charge in [-0.3, -0.25) is 9.36 Å². The highest BCUT2D eigenvalue weighted by atomic mass is 32.1. The van der Waals surface area contributed by atoms with Crippen LogP contribution in [0, 0.1) is 20.8 Å². The normalized spacial score (nSPS) is 12.6. The van der Waals surface area contributed by atoms with Gasteiger partial charge in [-0.05, 0) is 44.0 Å². The van der Waals surface area contributed by atoms with Gasteiger partial charge < -0.3 is 10.4 Å². The van der Waals surface area contributed by atoms with E-state index in [0.717, 1.165) is 44.5 Å². The number of pyridine rings is 1. The van der Waals surface area contributed by atoms with Gasteiger partial charge in [0.2, 0.25) is 11.8 Å². The second-order valence-corrected chi connectivity index (χ2v) is 9.34. The van der Waals surface area contributed by atoms with Crippen molar-refractivity contribution in [3.05, 3.63) is 75.6 Å². The molecule has 0 aliphatic carbocycles. The Labute approximate surface area is 200 Å². The lowest BCUT2D eigenvalue weighted by Gasteiger charge is -2.18. The minimum absolute atomic E-state index is 0.0321. The smallest absolute Gasteiger partial charge is 0.253 e. The molecule has 5 rings (SSSR count). The molecule has 0 unspecified atom stereocenters. The summed E-state index contributed by atoms with van der Waals surface area (Å²) >= 11 is 1.68. The number of nitrogens with one attached hydrogen (secondary N) is 1. The molecular formula is C24H23N7O2S. The Balaban J connectivity index is 1.68. The van der Waals surface area contributed by atoms with Gasteiger partial charge in [0.1, 0.15) is 16.5 Å². The fourth-order valence-corrected chi connectivity index (χ4v) is 5.12. The van der Waals surface area contributed by atoms with Crippen LogP contribution >= 0.6 is 11.3 Å². The topological polar surface area (TPSA) is 109 Å². The van der Waals surface area contributed by atoms with E-state index >= 15 is 0 Å². The van der Waals surface area contributed by atoms with Crippen LogP contribution in [0.1, 0.15) is 39.9 Å². The van der Waals surface area contributed by atoms with Crippen LogP contribution in [-0.4, -0.2) is 36.5 Å². The minimum Gasteiger partial charge on any atom is -0.493 e. The molecule has 9 nitrogen and oxygen atoms in total. The van der Waals surface area contributed by atoms with E-state index in [0.29, 0.717) is 12.5 Å². The number of nitrogens with zero attached hydrogens (tertiary/aromatic N) is 6. The molecule has 0 radical (unpaired) electrons. The molecule has 0 fully saturated rings. The number of carbonyl (C=O) groups is 1. The van der Waals surface area contributed by atoms with Gasteiger partial charge >= 0.3 is 0 Å². The average molecular weight is 474 g/mol. The number of amides is 1. The Morgan fingerprint density at radius 3 is 2.53 bits per heavy atom. The molecule has 1 aliphatic heterocycles. The largest absolute Gasteiger partial charge is 0.493 e. The van der Waals surface area contributed by atoms with Crippen LogP contribution in [0.5, 0.6) is 5.88 Å². The zero-order chi connectivity index (χ0) is 24.0. The van der Waals surface area contributed by atoms with Crippen molar-refractivity contribution in [1.29, 1.82) is 0 Å². The Morgan fingerprint density at radius 2 is 1.85 bits per heavy atom. The first kappa shape index (κ1) is 21.8. The lowest BCUT2D eigenvalue weighted by Crippen LogP contribution is -2.20. The monoisotopic (exact) mass is 473 g/mol. The number of aryl methyl sites for hydroxylation is 2. The van der Waals surface area contributed by atoms with Crippen LogP contribution in [0.2, 0.25) is 0 Å². The number of hydrogen-bond donors (Lipinski definition) is 2. The van der Waals surface area contributed by atoms with Crippen molar-refractivity contribution in [3.63, 3.8) is 0 Å². The van der Waals surface area contributed by atoms with Gasteiger partial charge in [0.05, 0.1) is 6.54 Å². The van der Waals surface area contributed by atoms with Gasteiger partial charge in [0.15, 0.2) is 0 Å². The molecule has 34 heavy (non-hydrogen) atoms. The quantitative estimate of drug-likeness (QED) is 0.462. The number of aromatic hydroxyl groups is 1. The third kappa shape index (κ3) is 3.81. The Kier molecular flexibility index (Phi) is 5.37. The second-order valence-electron chi connectivity index (χ2n) is 8.14. The summed E-state index contributed by atoms with van der Waals surface area (Å²) in [5.41, 5.74) is 5.50. The van der Waals surface area contributed by atoms with E-state index in [4.69, 9.17) is 5.10 Å². The Hall–Kier alpha value is -4.05. The van der Waals surface area contributed by atoms with Crippen LogP contribution in [-0.2, 0) is 11.3 Å². The molecule has 0 saturated heterocycles. The fraction of sp³-hybridized carbons (Fsp3) is 0.208. The predicted molar refractivity (Wildman–Crippen MR) is 132 cm³/mol. The number of thiophene rings is 1. The number of rotatable bonds is 4. The highest BCUT2D eigenvalue weighted by Crippen LogP contribution is 2.38. The van der Waals surface area contributed by atoms with E-state index < -0.39 is 0 Å².